The fourth-order valence-corrected chi connectivity index (χ4v) is 7.01. The normalized spacial score (nSPS) is 11.6. The molecule has 0 fully saturated rings. The third-order valence-corrected chi connectivity index (χ3v) is 10.2. The average Bonchev–Trinajstić information content (AvgIpc) is 3.89. The van der Waals surface area contributed by atoms with Crippen molar-refractivity contribution in [2.45, 2.75) is 25.3 Å². The summed E-state index contributed by atoms with van der Waals surface area (Å²) < 4.78 is 22.6. The Morgan fingerprint density at radius 3 is 1.65 bits per heavy atom. The number of carbonyl (C=O) groups is 5. The van der Waals surface area contributed by atoms with Crippen LogP contribution in [0.15, 0.2) is 97.3 Å². The fourth-order valence-electron chi connectivity index (χ4n) is 4.96. The minimum Gasteiger partial charge on any atom is -0.495 e. The van der Waals surface area contributed by atoms with Crippen LogP contribution in [0.4, 0.5) is 4.79 Å². The van der Waals surface area contributed by atoms with E-state index in [1.807, 2.05) is 60.7 Å². The van der Waals surface area contributed by atoms with Crippen LogP contribution < -0.4 is 31.2 Å². The number of ether oxygens (including phenoxy) is 4. The maximum absolute atomic E-state index is 12.9. The van der Waals surface area contributed by atoms with Gasteiger partial charge in [0.2, 0.25) is 0 Å². The number of esters is 1. The third-order valence-electron chi connectivity index (χ3n) is 7.92. The number of nitrogens with zero attached hydrogens (tertiary/aromatic N) is 2. The molecular weight excluding hydrogens is 777 g/mol. The molecule has 3 amide bonds. The molecule has 0 aliphatic rings. The minimum atomic E-state index is -1.17. The first-order valence-electron chi connectivity index (χ1n) is 17.1. The molecular formula is C39H38N6O10S2. The number of benzene rings is 2. The van der Waals surface area contributed by atoms with Gasteiger partial charge in [-0.1, -0.05) is 60.7 Å². The molecule has 296 valence electrons. The zero-order chi connectivity index (χ0) is 40.7. The molecule has 0 unspecified atom stereocenters. The second kappa shape index (κ2) is 20.3. The van der Waals surface area contributed by atoms with Crippen LogP contribution in [0.25, 0.3) is 20.4 Å². The van der Waals surface area contributed by atoms with Crippen molar-refractivity contribution < 1.29 is 48.0 Å². The number of carboxylic acids is 1. The lowest BCUT2D eigenvalue weighted by molar-refractivity contribution is -0.147. The number of amides is 3. The molecule has 4 aromatic heterocycles. The second-order valence-electron chi connectivity index (χ2n) is 11.9. The predicted octanol–water partition coefficient (Wildman–Crippen LogP) is 4.52. The van der Waals surface area contributed by atoms with Gasteiger partial charge in [0.15, 0.2) is 0 Å². The smallest absolute Gasteiger partial charge is 0.408 e. The largest absolute Gasteiger partial charge is 0.495 e. The Labute approximate surface area is 333 Å². The number of aromatic nitrogens is 2. The van der Waals surface area contributed by atoms with Crippen molar-refractivity contribution in [3.05, 3.63) is 118 Å². The van der Waals surface area contributed by atoms with Gasteiger partial charge in [0.25, 0.3) is 11.8 Å². The molecule has 6 rings (SSSR count). The SMILES string of the molecule is COc1ccnc2cc(C(=O)NC[C@@H](N)C(=O)O)sc12.COc1ccnc2cc(C(=O)NC[C@@H](NC(=O)OCc3ccccc3)C(=O)OCc3ccccc3)sc12. The summed E-state index contributed by atoms with van der Waals surface area (Å²) in [5, 5.41) is 16.3. The molecule has 6 aromatic rings. The number of hydrogen-bond donors (Lipinski definition) is 5. The molecule has 0 saturated carbocycles. The standard InChI is InChI=1S/C27H25N3O6S.C12H13N3O4S/c1-34-22-12-13-28-20-14-23(37-24(20)22)25(31)29-15-21(26(32)35-16-18-8-4-2-5-9-18)30-27(33)36-17-19-10-6-3-7-11-19;1-19-8-2-3-14-7-4-9(20-10(7)8)11(16)15-5-6(13)12(17)18/h2-14,21H,15-17H2,1H3,(H,29,31)(H,30,33);2-4,6H,5,13H2,1H3,(H,15,16)(H,17,18)/t21-;6-/m11/s1. The maximum Gasteiger partial charge on any atom is 0.408 e. The van der Waals surface area contributed by atoms with Gasteiger partial charge in [0.1, 0.15) is 36.8 Å². The number of hydrogen-bond acceptors (Lipinski definition) is 14. The fraction of sp³-hybridized carbons (Fsp3) is 0.205. The van der Waals surface area contributed by atoms with E-state index < -0.39 is 36.0 Å². The van der Waals surface area contributed by atoms with Crippen LogP contribution in [-0.2, 0) is 32.3 Å². The number of methoxy groups -OCH3 is 2. The summed E-state index contributed by atoms with van der Waals surface area (Å²) in [6.07, 6.45) is 2.38. The molecule has 2 atom stereocenters. The minimum absolute atomic E-state index is 0.0205. The van der Waals surface area contributed by atoms with Crippen molar-refractivity contribution in [3.63, 3.8) is 0 Å². The molecule has 0 bridgehead atoms. The van der Waals surface area contributed by atoms with Crippen LogP contribution >= 0.6 is 22.7 Å². The summed E-state index contributed by atoms with van der Waals surface area (Å²) in [6.45, 7) is -0.285. The van der Waals surface area contributed by atoms with Crippen molar-refractivity contribution in [1.29, 1.82) is 0 Å². The van der Waals surface area contributed by atoms with E-state index in [9.17, 15) is 24.0 Å². The van der Waals surface area contributed by atoms with Crippen LogP contribution in [0.3, 0.4) is 0 Å². The Hall–Kier alpha value is -6.63. The van der Waals surface area contributed by atoms with Gasteiger partial charge in [-0.15, -0.1) is 22.7 Å². The van der Waals surface area contributed by atoms with Gasteiger partial charge in [-0.2, -0.15) is 0 Å². The molecule has 4 heterocycles. The van der Waals surface area contributed by atoms with Crippen LogP contribution in [0.5, 0.6) is 11.5 Å². The second-order valence-corrected chi connectivity index (χ2v) is 14.0. The highest BCUT2D eigenvalue weighted by Gasteiger charge is 2.25. The van der Waals surface area contributed by atoms with E-state index >= 15 is 0 Å². The zero-order valence-electron chi connectivity index (χ0n) is 30.6. The van der Waals surface area contributed by atoms with Crippen molar-refractivity contribution in [2.75, 3.05) is 27.3 Å². The molecule has 57 heavy (non-hydrogen) atoms. The van der Waals surface area contributed by atoms with Gasteiger partial charge in [0, 0.05) is 25.5 Å². The Morgan fingerprint density at radius 1 is 0.702 bits per heavy atom. The molecule has 0 saturated heterocycles. The van der Waals surface area contributed by atoms with E-state index in [4.69, 9.17) is 29.8 Å². The first-order chi connectivity index (χ1) is 27.6. The first-order valence-corrected chi connectivity index (χ1v) is 18.8. The summed E-state index contributed by atoms with van der Waals surface area (Å²) >= 11 is 2.44. The number of aliphatic carboxylic acids is 1. The lowest BCUT2D eigenvalue weighted by Gasteiger charge is -2.18. The lowest BCUT2D eigenvalue weighted by atomic mass is 10.2. The third kappa shape index (κ3) is 11.7. The molecule has 2 aromatic carbocycles. The monoisotopic (exact) mass is 814 g/mol. The highest BCUT2D eigenvalue weighted by Crippen LogP contribution is 2.33. The summed E-state index contributed by atoms with van der Waals surface area (Å²) in [7, 11) is 3.09. The van der Waals surface area contributed by atoms with Crippen molar-refractivity contribution in [3.8, 4) is 11.5 Å². The Morgan fingerprint density at radius 2 is 1.18 bits per heavy atom. The Kier molecular flexibility index (Phi) is 14.8. The van der Waals surface area contributed by atoms with E-state index in [1.165, 1.54) is 22.7 Å². The van der Waals surface area contributed by atoms with E-state index in [1.54, 1.807) is 50.9 Å². The molecule has 0 aliphatic carbocycles. The lowest BCUT2D eigenvalue weighted by Crippen LogP contribution is -2.49. The number of carboxylic acid groups (broad SMARTS) is 1. The highest BCUT2D eigenvalue weighted by atomic mass is 32.1. The molecule has 18 heteroatoms. The van der Waals surface area contributed by atoms with Crippen LogP contribution in [0, 0.1) is 0 Å². The van der Waals surface area contributed by atoms with Crippen molar-refractivity contribution in [2.24, 2.45) is 5.73 Å². The zero-order valence-corrected chi connectivity index (χ0v) is 32.3. The van der Waals surface area contributed by atoms with Gasteiger partial charge in [-0.25, -0.2) is 9.59 Å². The first kappa shape index (κ1) is 41.5. The Balaban J connectivity index is 0.000000261. The molecule has 6 N–H and O–H groups in total. The van der Waals surface area contributed by atoms with Crippen LogP contribution in [0.2, 0.25) is 0 Å². The summed E-state index contributed by atoms with van der Waals surface area (Å²) in [4.78, 5) is 69.8. The van der Waals surface area contributed by atoms with E-state index in [0.717, 1.165) is 20.5 Å². The van der Waals surface area contributed by atoms with E-state index in [-0.39, 0.29) is 32.2 Å². The highest BCUT2D eigenvalue weighted by molar-refractivity contribution is 7.21. The molecule has 0 radical (unpaired) electrons. The van der Waals surface area contributed by atoms with E-state index in [0.29, 0.717) is 32.3 Å². The van der Waals surface area contributed by atoms with Crippen molar-refractivity contribution in [1.82, 2.24) is 25.9 Å². The number of alkyl carbamates (subject to hydrolysis) is 1. The topological polar surface area (TPSA) is 230 Å². The summed E-state index contributed by atoms with van der Waals surface area (Å²) in [6, 6.07) is 22.7. The van der Waals surface area contributed by atoms with Gasteiger partial charge < -0.3 is 45.7 Å². The van der Waals surface area contributed by atoms with Gasteiger partial charge in [-0.3, -0.25) is 24.4 Å². The number of fused-ring (bicyclic) bond motifs is 2. The Bertz CT molecular complexity index is 2320. The number of nitrogens with one attached hydrogen (secondary N) is 3. The number of carbonyl (C=O) groups excluding carboxylic acids is 4. The number of thiophene rings is 2. The maximum atomic E-state index is 12.9. The van der Waals surface area contributed by atoms with Gasteiger partial charge in [-0.05, 0) is 35.4 Å². The number of pyridine rings is 2. The molecule has 0 spiro atoms. The molecule has 16 nitrogen and oxygen atoms in total. The van der Waals surface area contributed by atoms with Crippen molar-refractivity contribution >= 4 is 73.0 Å². The average molecular weight is 815 g/mol. The number of nitrogens with two attached hydrogens (primary N) is 1. The van der Waals surface area contributed by atoms with E-state index in [2.05, 4.69) is 25.9 Å². The molecule has 0 aliphatic heterocycles. The number of rotatable bonds is 15. The van der Waals surface area contributed by atoms with Gasteiger partial charge in [0.05, 0.1) is 44.4 Å². The van der Waals surface area contributed by atoms with Gasteiger partial charge >= 0.3 is 18.0 Å². The predicted molar refractivity (Wildman–Crippen MR) is 212 cm³/mol. The quantitative estimate of drug-likeness (QED) is 0.0900. The summed E-state index contributed by atoms with van der Waals surface area (Å²) in [5.74, 6) is -1.43. The van der Waals surface area contributed by atoms with Crippen LogP contribution in [0.1, 0.15) is 30.5 Å². The summed E-state index contributed by atoms with van der Waals surface area (Å²) in [5.41, 5.74) is 8.18. The van der Waals surface area contributed by atoms with Crippen LogP contribution in [-0.4, -0.2) is 84.3 Å².